The predicted molar refractivity (Wildman–Crippen MR) is 89.0 cm³/mol. The molecular weight excluding hydrogens is 382 g/mol. The first-order valence-corrected chi connectivity index (χ1v) is 9.00. The van der Waals surface area contributed by atoms with E-state index in [1.165, 1.54) is 31.2 Å². The summed E-state index contributed by atoms with van der Waals surface area (Å²) in [5, 5.41) is 3.65. The smallest absolute Gasteiger partial charge is 0.137 e. The van der Waals surface area contributed by atoms with E-state index in [9.17, 15) is 0 Å². The summed E-state index contributed by atoms with van der Waals surface area (Å²) in [6, 6.07) is 4.17. The van der Waals surface area contributed by atoms with Crippen LogP contribution in [0.3, 0.4) is 0 Å². The molecule has 0 saturated heterocycles. The standard InChI is InChI=1S/C16H21Br2NO/c1-20-16-12(6-13(17)7-15(16)18)8-19-9-14(10-2-3-10)11-4-5-11/h6-7,10-11,14,19H,2-5,8-9H2,1H3. The molecule has 110 valence electrons. The summed E-state index contributed by atoms with van der Waals surface area (Å²) in [6.45, 7) is 2.03. The second-order valence-electron chi connectivity index (χ2n) is 6.05. The molecule has 0 heterocycles. The summed E-state index contributed by atoms with van der Waals surface area (Å²) in [6.07, 6.45) is 5.81. The molecule has 0 spiro atoms. The largest absolute Gasteiger partial charge is 0.495 e. The van der Waals surface area contributed by atoms with E-state index in [4.69, 9.17) is 4.74 Å². The van der Waals surface area contributed by atoms with Crippen LogP contribution in [0, 0.1) is 17.8 Å². The van der Waals surface area contributed by atoms with Gasteiger partial charge in [-0.1, -0.05) is 15.9 Å². The zero-order chi connectivity index (χ0) is 14.1. The van der Waals surface area contributed by atoms with Crippen molar-refractivity contribution in [2.45, 2.75) is 32.2 Å². The van der Waals surface area contributed by atoms with Gasteiger partial charge >= 0.3 is 0 Å². The lowest BCUT2D eigenvalue weighted by Crippen LogP contribution is -2.25. The van der Waals surface area contributed by atoms with Gasteiger partial charge in [0.1, 0.15) is 5.75 Å². The fraction of sp³-hybridized carbons (Fsp3) is 0.625. The van der Waals surface area contributed by atoms with Crippen LogP contribution < -0.4 is 10.1 Å². The van der Waals surface area contributed by atoms with Crippen molar-refractivity contribution in [2.75, 3.05) is 13.7 Å². The minimum absolute atomic E-state index is 0.872. The number of rotatable bonds is 7. The number of halogens is 2. The van der Waals surface area contributed by atoms with Crippen LogP contribution in [0.1, 0.15) is 31.2 Å². The van der Waals surface area contributed by atoms with Gasteiger partial charge in [0.25, 0.3) is 0 Å². The monoisotopic (exact) mass is 401 g/mol. The van der Waals surface area contributed by atoms with Crippen LogP contribution in [0.25, 0.3) is 0 Å². The summed E-state index contributed by atoms with van der Waals surface area (Å²) in [7, 11) is 1.73. The predicted octanol–water partition coefficient (Wildman–Crippen LogP) is 4.75. The van der Waals surface area contributed by atoms with E-state index in [2.05, 4.69) is 43.2 Å². The van der Waals surface area contributed by atoms with Crippen LogP contribution >= 0.6 is 31.9 Å². The molecule has 0 radical (unpaired) electrons. The van der Waals surface area contributed by atoms with Gasteiger partial charge in [-0.2, -0.15) is 0 Å². The van der Waals surface area contributed by atoms with E-state index < -0.39 is 0 Å². The minimum Gasteiger partial charge on any atom is -0.495 e. The maximum atomic E-state index is 5.50. The number of ether oxygens (including phenoxy) is 1. The lowest BCUT2D eigenvalue weighted by Gasteiger charge is -2.17. The highest BCUT2D eigenvalue weighted by Crippen LogP contribution is 2.48. The van der Waals surface area contributed by atoms with Gasteiger partial charge in [0.05, 0.1) is 11.6 Å². The number of hydrogen-bond donors (Lipinski definition) is 1. The van der Waals surface area contributed by atoms with Crippen LogP contribution in [-0.2, 0) is 6.54 Å². The van der Waals surface area contributed by atoms with Gasteiger partial charge in [0.15, 0.2) is 0 Å². The van der Waals surface area contributed by atoms with Gasteiger partial charge in [-0.25, -0.2) is 0 Å². The molecule has 2 aliphatic rings. The number of benzene rings is 1. The molecule has 1 N–H and O–H groups in total. The third kappa shape index (κ3) is 3.58. The molecule has 0 bridgehead atoms. The summed E-state index contributed by atoms with van der Waals surface area (Å²) in [4.78, 5) is 0. The third-order valence-corrected chi connectivity index (χ3v) is 5.49. The Hall–Kier alpha value is -0.0600. The lowest BCUT2D eigenvalue weighted by atomic mass is 9.98. The molecule has 2 fully saturated rings. The van der Waals surface area contributed by atoms with Crippen molar-refractivity contribution in [1.29, 1.82) is 0 Å². The van der Waals surface area contributed by atoms with E-state index in [-0.39, 0.29) is 0 Å². The van der Waals surface area contributed by atoms with Crippen LogP contribution in [0.5, 0.6) is 5.75 Å². The van der Waals surface area contributed by atoms with Crippen molar-refractivity contribution in [3.8, 4) is 5.75 Å². The van der Waals surface area contributed by atoms with E-state index in [0.29, 0.717) is 0 Å². The fourth-order valence-electron chi connectivity index (χ4n) is 3.11. The quantitative estimate of drug-likeness (QED) is 0.710. The Morgan fingerprint density at radius 1 is 1.20 bits per heavy atom. The molecule has 3 rings (SSSR count). The molecule has 20 heavy (non-hydrogen) atoms. The van der Waals surface area contributed by atoms with Crippen molar-refractivity contribution in [3.63, 3.8) is 0 Å². The second-order valence-corrected chi connectivity index (χ2v) is 7.82. The van der Waals surface area contributed by atoms with Crippen molar-refractivity contribution in [3.05, 3.63) is 26.6 Å². The highest BCUT2D eigenvalue weighted by atomic mass is 79.9. The zero-order valence-electron chi connectivity index (χ0n) is 11.8. The van der Waals surface area contributed by atoms with Crippen molar-refractivity contribution < 1.29 is 4.74 Å². The summed E-state index contributed by atoms with van der Waals surface area (Å²) < 4.78 is 7.59. The Balaban J connectivity index is 1.60. The number of hydrogen-bond acceptors (Lipinski definition) is 2. The van der Waals surface area contributed by atoms with Gasteiger partial charge in [-0.3, -0.25) is 0 Å². The van der Waals surface area contributed by atoms with Crippen LogP contribution in [0.15, 0.2) is 21.1 Å². The molecule has 0 amide bonds. The lowest BCUT2D eigenvalue weighted by molar-refractivity contribution is 0.372. The average molecular weight is 403 g/mol. The Kier molecular flexibility index (Phi) is 4.73. The minimum atomic E-state index is 0.872. The van der Waals surface area contributed by atoms with Crippen molar-refractivity contribution >= 4 is 31.9 Å². The molecule has 4 heteroatoms. The van der Waals surface area contributed by atoms with E-state index in [1.54, 1.807) is 7.11 Å². The maximum Gasteiger partial charge on any atom is 0.137 e. The SMILES string of the molecule is COc1c(Br)cc(Br)cc1CNCC(C1CC1)C1CC1. The van der Waals surface area contributed by atoms with Gasteiger partial charge in [-0.15, -0.1) is 0 Å². The molecule has 2 saturated carbocycles. The van der Waals surface area contributed by atoms with Gasteiger partial charge < -0.3 is 10.1 Å². The van der Waals surface area contributed by atoms with E-state index >= 15 is 0 Å². The molecule has 1 aromatic carbocycles. The Morgan fingerprint density at radius 3 is 2.40 bits per heavy atom. The Bertz CT molecular complexity index is 472. The number of nitrogens with one attached hydrogen (secondary N) is 1. The van der Waals surface area contributed by atoms with Gasteiger partial charge in [0, 0.05) is 16.6 Å². The first kappa shape index (κ1) is 14.9. The number of methoxy groups -OCH3 is 1. The zero-order valence-corrected chi connectivity index (χ0v) is 15.0. The van der Waals surface area contributed by atoms with Crippen molar-refractivity contribution in [2.24, 2.45) is 17.8 Å². The first-order valence-electron chi connectivity index (χ1n) is 7.41. The van der Waals surface area contributed by atoms with Crippen LogP contribution in [0.4, 0.5) is 0 Å². The molecule has 0 atom stereocenters. The molecule has 0 aliphatic heterocycles. The third-order valence-electron chi connectivity index (χ3n) is 4.44. The summed E-state index contributed by atoms with van der Waals surface area (Å²) in [5.41, 5.74) is 1.21. The maximum absolute atomic E-state index is 5.50. The molecule has 0 aromatic heterocycles. The molecule has 0 unspecified atom stereocenters. The molecular formula is C16H21Br2NO. The summed E-state index contributed by atoms with van der Waals surface area (Å²) in [5.74, 6) is 3.86. The molecule has 1 aromatic rings. The highest BCUT2D eigenvalue weighted by Gasteiger charge is 2.40. The normalized spacial score (nSPS) is 18.6. The highest BCUT2D eigenvalue weighted by molar-refractivity contribution is 9.11. The average Bonchev–Trinajstić information content (AvgIpc) is 3.27. The Labute approximate surface area is 137 Å². The second kappa shape index (κ2) is 6.37. The van der Waals surface area contributed by atoms with E-state index in [1.807, 2.05) is 6.07 Å². The topological polar surface area (TPSA) is 21.3 Å². The van der Waals surface area contributed by atoms with E-state index in [0.717, 1.165) is 45.5 Å². The Morgan fingerprint density at radius 2 is 1.85 bits per heavy atom. The van der Waals surface area contributed by atoms with Crippen LogP contribution in [-0.4, -0.2) is 13.7 Å². The summed E-state index contributed by atoms with van der Waals surface area (Å²) >= 11 is 7.11. The van der Waals surface area contributed by atoms with Crippen LogP contribution in [0.2, 0.25) is 0 Å². The van der Waals surface area contributed by atoms with Gasteiger partial charge in [-0.05, 0) is 78.0 Å². The van der Waals surface area contributed by atoms with Gasteiger partial charge in [0.2, 0.25) is 0 Å². The fourth-order valence-corrected chi connectivity index (χ4v) is 4.59. The first-order chi connectivity index (χ1) is 9.69. The molecule has 2 aliphatic carbocycles. The van der Waals surface area contributed by atoms with Crippen molar-refractivity contribution in [1.82, 2.24) is 5.32 Å². The molecule has 2 nitrogen and oxygen atoms in total.